The van der Waals surface area contributed by atoms with Crippen molar-refractivity contribution >= 4 is 5.69 Å². The van der Waals surface area contributed by atoms with E-state index in [9.17, 15) is 0 Å². The molecule has 2 heterocycles. The summed E-state index contributed by atoms with van der Waals surface area (Å²) in [6, 6.07) is 0. The zero-order chi connectivity index (χ0) is 15.2. The molecule has 0 spiro atoms. The van der Waals surface area contributed by atoms with Gasteiger partial charge in [0, 0.05) is 19.8 Å². The number of aryl methyl sites for hydroxylation is 2. The third-order valence-electron chi connectivity index (χ3n) is 3.06. The number of anilines is 1. The average Bonchev–Trinajstić information content (AvgIpc) is 3.00. The van der Waals surface area contributed by atoms with Crippen molar-refractivity contribution in [2.45, 2.75) is 20.0 Å². The number of hydrogen-bond acceptors (Lipinski definition) is 5. The lowest BCUT2D eigenvalue weighted by Gasteiger charge is -2.08. The molecule has 0 atom stereocenters. The van der Waals surface area contributed by atoms with E-state index >= 15 is 0 Å². The van der Waals surface area contributed by atoms with Gasteiger partial charge in [0.2, 0.25) is 5.88 Å². The summed E-state index contributed by atoms with van der Waals surface area (Å²) in [4.78, 5) is 0. The highest BCUT2D eigenvalue weighted by Gasteiger charge is 2.14. The maximum Gasteiger partial charge on any atom is 0.217 e. The van der Waals surface area contributed by atoms with Gasteiger partial charge in [-0.3, -0.25) is 4.68 Å². The Labute approximate surface area is 123 Å². The normalized spacial score (nSPS) is 10.6. The fourth-order valence-corrected chi connectivity index (χ4v) is 2.07. The van der Waals surface area contributed by atoms with Crippen LogP contribution in [0.5, 0.6) is 5.88 Å². The van der Waals surface area contributed by atoms with Crippen LogP contribution in [0.4, 0.5) is 5.69 Å². The second kappa shape index (κ2) is 6.94. The number of aliphatic hydroxyl groups is 1. The minimum atomic E-state index is 0.0718. The highest BCUT2D eigenvalue weighted by atomic mass is 16.5. The molecule has 0 aromatic carbocycles. The summed E-state index contributed by atoms with van der Waals surface area (Å²) in [6.45, 7) is 7.20. The molecule has 0 fully saturated rings. The average molecular weight is 291 g/mol. The van der Waals surface area contributed by atoms with E-state index in [2.05, 4.69) is 22.1 Å². The Kier molecular flexibility index (Phi) is 4.99. The topological polar surface area (TPSA) is 77.1 Å². The van der Waals surface area contributed by atoms with Crippen LogP contribution in [-0.4, -0.2) is 37.9 Å². The molecule has 0 aliphatic carbocycles. The van der Waals surface area contributed by atoms with Gasteiger partial charge >= 0.3 is 0 Å². The quantitative estimate of drug-likeness (QED) is 0.712. The number of ether oxygens (including phenoxy) is 1. The largest absolute Gasteiger partial charge is 0.473 e. The van der Waals surface area contributed by atoms with Crippen LogP contribution in [0.1, 0.15) is 11.3 Å². The maximum absolute atomic E-state index is 8.88. The third kappa shape index (κ3) is 3.63. The maximum atomic E-state index is 8.88. The first-order valence-corrected chi connectivity index (χ1v) is 6.79. The summed E-state index contributed by atoms with van der Waals surface area (Å²) in [5.41, 5.74) is 2.82. The summed E-state index contributed by atoms with van der Waals surface area (Å²) in [5.74, 6) is 0.739. The second-order valence-corrected chi connectivity index (χ2v) is 4.66. The number of nitrogens with one attached hydrogen (secondary N) is 1. The van der Waals surface area contributed by atoms with E-state index in [1.807, 2.05) is 20.2 Å². The van der Waals surface area contributed by atoms with E-state index in [1.165, 1.54) is 0 Å². The van der Waals surface area contributed by atoms with Crippen molar-refractivity contribution in [3.05, 3.63) is 36.3 Å². The zero-order valence-electron chi connectivity index (χ0n) is 12.4. The molecule has 7 heteroatoms. The van der Waals surface area contributed by atoms with Gasteiger partial charge < -0.3 is 15.2 Å². The van der Waals surface area contributed by atoms with E-state index in [-0.39, 0.29) is 6.61 Å². The van der Waals surface area contributed by atoms with Crippen LogP contribution in [0.25, 0.3) is 0 Å². The van der Waals surface area contributed by atoms with Gasteiger partial charge in [-0.1, -0.05) is 12.7 Å². The van der Waals surface area contributed by atoms with Crippen LogP contribution in [0.3, 0.4) is 0 Å². The van der Waals surface area contributed by atoms with Crippen molar-refractivity contribution in [2.75, 3.05) is 18.5 Å². The molecule has 0 bridgehead atoms. The Morgan fingerprint density at radius 2 is 2.33 bits per heavy atom. The van der Waals surface area contributed by atoms with Crippen molar-refractivity contribution in [2.24, 2.45) is 7.05 Å². The molecule has 21 heavy (non-hydrogen) atoms. The molecule has 0 radical (unpaired) electrons. The minimum absolute atomic E-state index is 0.0718. The number of aromatic nitrogens is 4. The number of rotatable bonds is 8. The van der Waals surface area contributed by atoms with E-state index in [4.69, 9.17) is 9.84 Å². The molecular formula is C14H21N5O2. The Morgan fingerprint density at radius 3 is 3.05 bits per heavy atom. The van der Waals surface area contributed by atoms with Crippen LogP contribution < -0.4 is 10.1 Å². The monoisotopic (exact) mass is 291 g/mol. The Balaban J connectivity index is 2.06. The fourth-order valence-electron chi connectivity index (χ4n) is 2.07. The van der Waals surface area contributed by atoms with Crippen LogP contribution >= 0.6 is 0 Å². The first-order valence-electron chi connectivity index (χ1n) is 6.79. The van der Waals surface area contributed by atoms with E-state index in [0.29, 0.717) is 19.7 Å². The first kappa shape index (κ1) is 15.1. The minimum Gasteiger partial charge on any atom is -0.473 e. The van der Waals surface area contributed by atoms with Crippen molar-refractivity contribution in [1.82, 2.24) is 19.6 Å². The molecule has 0 saturated carbocycles. The molecule has 2 N–H and O–H groups in total. The SMILES string of the molecule is C=CCOc1c(CNc2cnn(CCO)c2)c(C)nn1C. The van der Waals surface area contributed by atoms with Gasteiger partial charge in [0.15, 0.2) is 0 Å². The van der Waals surface area contributed by atoms with Crippen LogP contribution in [0.2, 0.25) is 0 Å². The predicted octanol–water partition coefficient (Wildman–Crippen LogP) is 1.09. The standard InChI is InChI=1S/C14H21N5O2/c1-4-7-21-14-13(11(2)17-18(14)3)9-15-12-8-16-19(10-12)5-6-20/h4,8,10,15,20H,1,5-7,9H2,2-3H3. The summed E-state index contributed by atoms with van der Waals surface area (Å²) in [6.07, 6.45) is 5.29. The molecule has 2 aromatic heterocycles. The van der Waals surface area contributed by atoms with Crippen molar-refractivity contribution in [1.29, 1.82) is 0 Å². The predicted molar refractivity (Wildman–Crippen MR) is 80.3 cm³/mol. The number of aliphatic hydroxyl groups excluding tert-OH is 1. The zero-order valence-corrected chi connectivity index (χ0v) is 12.4. The third-order valence-corrected chi connectivity index (χ3v) is 3.06. The fraction of sp³-hybridized carbons (Fsp3) is 0.429. The molecule has 0 amide bonds. The molecule has 2 aromatic rings. The molecule has 2 rings (SSSR count). The van der Waals surface area contributed by atoms with Crippen molar-refractivity contribution < 1.29 is 9.84 Å². The van der Waals surface area contributed by atoms with E-state index in [1.54, 1.807) is 21.6 Å². The summed E-state index contributed by atoms with van der Waals surface area (Å²) >= 11 is 0. The van der Waals surface area contributed by atoms with Crippen molar-refractivity contribution in [3.63, 3.8) is 0 Å². The van der Waals surface area contributed by atoms with Gasteiger partial charge in [-0.15, -0.1) is 0 Å². The molecule has 0 aliphatic heterocycles. The molecular weight excluding hydrogens is 270 g/mol. The lowest BCUT2D eigenvalue weighted by Crippen LogP contribution is -2.05. The summed E-state index contributed by atoms with van der Waals surface area (Å²) in [5, 5.41) is 20.7. The highest BCUT2D eigenvalue weighted by Crippen LogP contribution is 2.22. The van der Waals surface area contributed by atoms with Crippen LogP contribution in [-0.2, 0) is 20.1 Å². The highest BCUT2D eigenvalue weighted by molar-refractivity contribution is 5.42. The van der Waals surface area contributed by atoms with Crippen molar-refractivity contribution in [3.8, 4) is 5.88 Å². The van der Waals surface area contributed by atoms with Crippen LogP contribution in [0.15, 0.2) is 25.0 Å². The number of hydrogen-bond donors (Lipinski definition) is 2. The van der Waals surface area contributed by atoms with Gasteiger partial charge in [0.05, 0.1) is 36.3 Å². The van der Waals surface area contributed by atoms with Crippen LogP contribution in [0, 0.1) is 6.92 Å². The molecule has 114 valence electrons. The van der Waals surface area contributed by atoms with Gasteiger partial charge in [-0.2, -0.15) is 10.2 Å². The van der Waals surface area contributed by atoms with E-state index in [0.717, 1.165) is 22.8 Å². The Bertz CT molecular complexity index is 603. The Morgan fingerprint density at radius 1 is 1.52 bits per heavy atom. The van der Waals surface area contributed by atoms with Gasteiger partial charge in [0.25, 0.3) is 0 Å². The van der Waals surface area contributed by atoms with Gasteiger partial charge in [-0.25, -0.2) is 4.68 Å². The lowest BCUT2D eigenvalue weighted by molar-refractivity contribution is 0.269. The smallest absolute Gasteiger partial charge is 0.217 e. The molecule has 7 nitrogen and oxygen atoms in total. The second-order valence-electron chi connectivity index (χ2n) is 4.66. The summed E-state index contributed by atoms with van der Waals surface area (Å²) in [7, 11) is 1.86. The molecule has 0 unspecified atom stereocenters. The lowest BCUT2D eigenvalue weighted by atomic mass is 10.2. The summed E-state index contributed by atoms with van der Waals surface area (Å²) < 4.78 is 9.07. The Hall–Kier alpha value is -2.28. The molecule has 0 aliphatic rings. The first-order chi connectivity index (χ1) is 10.2. The van der Waals surface area contributed by atoms with E-state index < -0.39 is 0 Å². The number of nitrogens with zero attached hydrogens (tertiary/aromatic N) is 4. The van der Waals surface area contributed by atoms with Gasteiger partial charge in [0.1, 0.15) is 6.61 Å². The van der Waals surface area contributed by atoms with Gasteiger partial charge in [-0.05, 0) is 6.92 Å². The molecule has 0 saturated heterocycles.